The van der Waals surface area contributed by atoms with Gasteiger partial charge >= 0.3 is 0 Å². The van der Waals surface area contributed by atoms with E-state index in [0.717, 1.165) is 0 Å². The van der Waals surface area contributed by atoms with Crippen LogP contribution in [0.4, 0.5) is 5.69 Å². The Morgan fingerprint density at radius 2 is 2.05 bits per heavy atom. The van der Waals surface area contributed by atoms with Crippen LogP contribution < -0.4 is 0 Å². The van der Waals surface area contributed by atoms with E-state index in [9.17, 15) is 10.1 Å². The highest BCUT2D eigenvalue weighted by Crippen LogP contribution is 2.30. The third kappa shape index (κ3) is 2.62. The quantitative estimate of drug-likeness (QED) is 0.418. The molecule has 1 aromatic carbocycles. The van der Waals surface area contributed by atoms with Crippen molar-refractivity contribution in [3.8, 4) is 11.3 Å². The first-order chi connectivity index (χ1) is 10.6. The van der Waals surface area contributed by atoms with Crippen LogP contribution in [0.15, 0.2) is 52.5 Å². The number of nitro groups is 1. The minimum absolute atomic E-state index is 0.0635. The van der Waals surface area contributed by atoms with Crippen molar-refractivity contribution in [1.82, 2.24) is 14.9 Å². The van der Waals surface area contributed by atoms with Crippen molar-refractivity contribution >= 4 is 11.9 Å². The van der Waals surface area contributed by atoms with Crippen molar-refractivity contribution in [2.24, 2.45) is 5.10 Å². The third-order valence-electron chi connectivity index (χ3n) is 3.12. The van der Waals surface area contributed by atoms with E-state index in [0.29, 0.717) is 22.6 Å². The monoisotopic (exact) mass is 297 g/mol. The van der Waals surface area contributed by atoms with Gasteiger partial charge in [-0.25, -0.2) is 4.68 Å². The van der Waals surface area contributed by atoms with E-state index < -0.39 is 4.92 Å². The van der Waals surface area contributed by atoms with Crippen molar-refractivity contribution in [2.75, 3.05) is 0 Å². The molecular formula is C14H11N5O3. The highest BCUT2D eigenvalue weighted by atomic mass is 16.6. The molecule has 110 valence electrons. The van der Waals surface area contributed by atoms with E-state index in [4.69, 9.17) is 4.42 Å². The number of aromatic nitrogens is 3. The Kier molecular flexibility index (Phi) is 3.48. The molecule has 0 aliphatic carbocycles. The van der Waals surface area contributed by atoms with Crippen LogP contribution in [0.2, 0.25) is 0 Å². The SMILES string of the molecule is Cc1c(-c2ccc(/C=N\n3cnnc3)o2)cccc1[N+](=O)[O-]. The van der Waals surface area contributed by atoms with Crippen molar-refractivity contribution in [1.29, 1.82) is 0 Å². The molecule has 0 spiro atoms. The molecule has 0 unspecified atom stereocenters. The van der Waals surface area contributed by atoms with Gasteiger partial charge in [-0.2, -0.15) is 5.10 Å². The molecule has 0 saturated heterocycles. The van der Waals surface area contributed by atoms with Crippen LogP contribution in [0, 0.1) is 17.0 Å². The van der Waals surface area contributed by atoms with Gasteiger partial charge in [-0.15, -0.1) is 10.2 Å². The molecule has 8 nitrogen and oxygen atoms in total. The molecular weight excluding hydrogens is 286 g/mol. The molecule has 0 amide bonds. The Balaban J connectivity index is 1.91. The summed E-state index contributed by atoms with van der Waals surface area (Å²) in [5.41, 5.74) is 1.30. The fourth-order valence-electron chi connectivity index (χ4n) is 2.03. The number of nitro benzene ring substituents is 1. The summed E-state index contributed by atoms with van der Waals surface area (Å²) in [7, 11) is 0. The van der Waals surface area contributed by atoms with Crippen molar-refractivity contribution in [3.63, 3.8) is 0 Å². The average molecular weight is 297 g/mol. The first-order valence-corrected chi connectivity index (χ1v) is 6.38. The van der Waals surface area contributed by atoms with E-state index in [2.05, 4.69) is 15.3 Å². The third-order valence-corrected chi connectivity index (χ3v) is 3.12. The largest absolute Gasteiger partial charge is 0.455 e. The summed E-state index contributed by atoms with van der Waals surface area (Å²) in [6, 6.07) is 8.37. The number of benzene rings is 1. The molecule has 0 fully saturated rings. The number of hydrogen-bond acceptors (Lipinski definition) is 6. The maximum absolute atomic E-state index is 11.0. The van der Waals surface area contributed by atoms with Crippen LogP contribution in [-0.2, 0) is 0 Å². The van der Waals surface area contributed by atoms with Crippen LogP contribution in [0.1, 0.15) is 11.3 Å². The van der Waals surface area contributed by atoms with Crippen LogP contribution in [0.3, 0.4) is 0 Å². The van der Waals surface area contributed by atoms with Gasteiger partial charge in [0, 0.05) is 17.2 Å². The molecule has 8 heteroatoms. The fourth-order valence-corrected chi connectivity index (χ4v) is 2.03. The summed E-state index contributed by atoms with van der Waals surface area (Å²) in [5, 5.41) is 22.3. The Morgan fingerprint density at radius 1 is 1.27 bits per heavy atom. The summed E-state index contributed by atoms with van der Waals surface area (Å²) < 4.78 is 7.09. The smallest absolute Gasteiger partial charge is 0.273 e. The second-order valence-electron chi connectivity index (χ2n) is 4.50. The first-order valence-electron chi connectivity index (χ1n) is 6.38. The predicted molar refractivity (Wildman–Crippen MR) is 78.5 cm³/mol. The summed E-state index contributed by atoms with van der Waals surface area (Å²) in [5.74, 6) is 1.07. The van der Waals surface area contributed by atoms with E-state index in [-0.39, 0.29) is 5.69 Å². The maximum atomic E-state index is 11.0. The van der Waals surface area contributed by atoms with Gasteiger partial charge < -0.3 is 4.42 Å². The molecule has 0 N–H and O–H groups in total. The van der Waals surface area contributed by atoms with Gasteiger partial charge in [0.1, 0.15) is 24.2 Å². The zero-order valence-electron chi connectivity index (χ0n) is 11.6. The van der Waals surface area contributed by atoms with Gasteiger partial charge in [-0.05, 0) is 19.1 Å². The van der Waals surface area contributed by atoms with E-state index in [1.807, 2.05) is 0 Å². The zero-order valence-corrected chi connectivity index (χ0v) is 11.6. The van der Waals surface area contributed by atoms with Crippen molar-refractivity contribution in [3.05, 3.63) is 64.4 Å². The highest BCUT2D eigenvalue weighted by Gasteiger charge is 2.16. The summed E-state index contributed by atoms with van der Waals surface area (Å²) in [6.07, 6.45) is 4.41. The van der Waals surface area contributed by atoms with Gasteiger partial charge in [0.25, 0.3) is 5.69 Å². The molecule has 3 aromatic rings. The zero-order chi connectivity index (χ0) is 15.5. The van der Waals surface area contributed by atoms with E-state index >= 15 is 0 Å². The predicted octanol–water partition coefficient (Wildman–Crippen LogP) is 2.64. The first kappa shape index (κ1) is 13.7. The van der Waals surface area contributed by atoms with Gasteiger partial charge in [0.05, 0.1) is 11.1 Å². The molecule has 22 heavy (non-hydrogen) atoms. The average Bonchev–Trinajstić information content (AvgIpc) is 3.16. The second-order valence-corrected chi connectivity index (χ2v) is 4.50. The molecule has 0 aliphatic rings. The Hall–Kier alpha value is -3.29. The molecule has 0 saturated carbocycles. The van der Waals surface area contributed by atoms with Crippen LogP contribution >= 0.6 is 0 Å². The molecule has 0 bridgehead atoms. The van der Waals surface area contributed by atoms with Crippen LogP contribution in [0.25, 0.3) is 11.3 Å². The number of hydrogen-bond donors (Lipinski definition) is 0. The van der Waals surface area contributed by atoms with Crippen molar-refractivity contribution in [2.45, 2.75) is 6.92 Å². The molecule has 0 radical (unpaired) electrons. The van der Waals surface area contributed by atoms with Gasteiger partial charge in [-0.3, -0.25) is 10.1 Å². The van der Waals surface area contributed by atoms with Crippen LogP contribution in [-0.4, -0.2) is 26.0 Å². The highest BCUT2D eigenvalue weighted by molar-refractivity contribution is 5.78. The number of nitrogens with zero attached hydrogens (tertiary/aromatic N) is 5. The standard InChI is InChI=1S/C14H11N5O3/c1-10-12(3-2-4-13(10)19(20)21)14-6-5-11(22-14)7-17-18-8-15-16-9-18/h2-9H,1H3/b17-7-. The lowest BCUT2D eigenvalue weighted by molar-refractivity contribution is -0.385. The maximum Gasteiger partial charge on any atom is 0.273 e. The Morgan fingerprint density at radius 3 is 2.77 bits per heavy atom. The fraction of sp³-hybridized carbons (Fsp3) is 0.0714. The molecule has 2 aromatic heterocycles. The van der Waals surface area contributed by atoms with Gasteiger partial charge in [-0.1, -0.05) is 12.1 Å². The Labute approximate surface area is 124 Å². The van der Waals surface area contributed by atoms with Crippen LogP contribution in [0.5, 0.6) is 0 Å². The van der Waals surface area contributed by atoms with Gasteiger partial charge in [0.15, 0.2) is 0 Å². The second kappa shape index (κ2) is 5.60. The molecule has 0 atom stereocenters. The molecule has 2 heterocycles. The lowest BCUT2D eigenvalue weighted by atomic mass is 10.1. The summed E-state index contributed by atoms with van der Waals surface area (Å²) in [4.78, 5) is 10.6. The van der Waals surface area contributed by atoms with E-state index in [1.165, 1.54) is 29.6 Å². The van der Waals surface area contributed by atoms with Gasteiger partial charge in [0.2, 0.25) is 0 Å². The molecule has 3 rings (SSSR count). The number of rotatable bonds is 4. The lowest BCUT2D eigenvalue weighted by Gasteiger charge is -2.02. The molecule has 0 aliphatic heterocycles. The van der Waals surface area contributed by atoms with E-state index in [1.54, 1.807) is 31.2 Å². The summed E-state index contributed by atoms with van der Waals surface area (Å²) in [6.45, 7) is 1.70. The van der Waals surface area contributed by atoms with Crippen molar-refractivity contribution < 1.29 is 9.34 Å². The topological polar surface area (TPSA) is 99.3 Å². The Bertz CT molecular complexity index is 836. The summed E-state index contributed by atoms with van der Waals surface area (Å²) >= 11 is 0. The minimum Gasteiger partial charge on any atom is -0.455 e. The minimum atomic E-state index is -0.407. The lowest BCUT2D eigenvalue weighted by Crippen LogP contribution is -1.93. The normalized spacial score (nSPS) is 11.1. The number of furan rings is 1.